The quantitative estimate of drug-likeness (QED) is 0.119. The van der Waals surface area contributed by atoms with Gasteiger partial charge in [-0.1, -0.05) is 95.6 Å². The molecule has 0 aliphatic heterocycles. The topological polar surface area (TPSA) is 74.2 Å². The Morgan fingerprint density at radius 2 is 1.12 bits per heavy atom. The number of nitrogens with zero attached hydrogens (tertiary/aromatic N) is 1. The highest BCUT2D eigenvalue weighted by molar-refractivity contribution is 7.48. The van der Waals surface area contributed by atoms with Gasteiger partial charge in [0, 0.05) is 7.11 Å². The number of nitroso groups, excluding NO2 is 1. The minimum Gasteiger partial charge on any atom is -0.290 e. The zero-order valence-electron chi connectivity index (χ0n) is 17.0. The molecule has 0 aromatic heterocycles. The van der Waals surface area contributed by atoms with Crippen LogP contribution in [0.1, 0.15) is 96.8 Å². The maximum absolute atomic E-state index is 12.0. The molecule has 0 fully saturated rings. The smallest absolute Gasteiger partial charge is 0.290 e. The van der Waals surface area contributed by atoms with Gasteiger partial charge in [0.2, 0.25) is 0 Å². The van der Waals surface area contributed by atoms with Crippen LogP contribution >= 0.6 is 7.82 Å². The van der Waals surface area contributed by atoms with Gasteiger partial charge in [-0.15, -0.1) is 0 Å². The van der Waals surface area contributed by atoms with Gasteiger partial charge in [0.15, 0.2) is 0 Å². The summed E-state index contributed by atoms with van der Waals surface area (Å²) < 4.78 is 26.9. The summed E-state index contributed by atoms with van der Waals surface area (Å²) in [6, 6.07) is 0. The molecule has 26 heavy (non-hydrogen) atoms. The van der Waals surface area contributed by atoms with Crippen molar-refractivity contribution in [1.29, 1.82) is 0 Å². The van der Waals surface area contributed by atoms with Crippen molar-refractivity contribution in [3.63, 3.8) is 0 Å². The van der Waals surface area contributed by atoms with Crippen LogP contribution in [0.5, 0.6) is 0 Å². The van der Waals surface area contributed by atoms with Gasteiger partial charge < -0.3 is 0 Å². The highest BCUT2D eigenvalue weighted by Gasteiger charge is 2.24. The molecule has 0 N–H and O–H groups in total. The SMILES string of the molecule is CCCCCCCCCCCCCCCCOP(=O)(OC)OCCN=O. The fourth-order valence-corrected chi connectivity index (χ4v) is 3.75. The first-order valence-corrected chi connectivity index (χ1v) is 11.9. The first-order chi connectivity index (χ1) is 12.7. The highest BCUT2D eigenvalue weighted by Crippen LogP contribution is 2.48. The normalized spacial score (nSPS) is 13.6. The molecule has 7 heteroatoms. The molecule has 1 unspecified atom stereocenters. The third-order valence-corrected chi connectivity index (χ3v) is 5.85. The molecule has 0 amide bonds. The number of phosphoric ester groups is 1. The third kappa shape index (κ3) is 17.1. The second-order valence-corrected chi connectivity index (χ2v) is 8.52. The van der Waals surface area contributed by atoms with Crippen LogP contribution in [0.3, 0.4) is 0 Å². The minimum atomic E-state index is -3.52. The van der Waals surface area contributed by atoms with E-state index in [0.717, 1.165) is 12.8 Å². The summed E-state index contributed by atoms with van der Waals surface area (Å²) in [5.41, 5.74) is 0. The molecule has 1 atom stereocenters. The minimum absolute atomic E-state index is 0.0483. The fraction of sp³-hybridized carbons (Fsp3) is 1.00. The Bertz CT molecular complexity index is 355. The Hall–Kier alpha value is -0.290. The van der Waals surface area contributed by atoms with Gasteiger partial charge in [-0.2, -0.15) is 4.91 Å². The molecule has 0 bridgehead atoms. The molecule has 0 saturated heterocycles. The van der Waals surface area contributed by atoms with E-state index in [1.54, 1.807) is 0 Å². The molecular formula is C19H40NO5P. The second-order valence-electron chi connectivity index (χ2n) is 6.75. The molecule has 0 saturated carbocycles. The van der Waals surface area contributed by atoms with E-state index in [2.05, 4.69) is 12.1 Å². The molecule has 156 valence electrons. The van der Waals surface area contributed by atoms with E-state index in [0.29, 0.717) is 6.61 Å². The third-order valence-electron chi connectivity index (χ3n) is 4.40. The summed E-state index contributed by atoms with van der Waals surface area (Å²) in [7, 11) is -2.24. The number of hydrogen-bond acceptors (Lipinski definition) is 6. The maximum atomic E-state index is 12.0. The number of unbranched alkanes of at least 4 members (excludes halogenated alkanes) is 13. The molecule has 0 spiro atoms. The van der Waals surface area contributed by atoms with E-state index in [-0.39, 0.29) is 13.2 Å². The summed E-state index contributed by atoms with van der Waals surface area (Å²) >= 11 is 0. The van der Waals surface area contributed by atoms with Crippen LogP contribution in [0.15, 0.2) is 5.18 Å². The van der Waals surface area contributed by atoms with Crippen molar-refractivity contribution in [2.75, 3.05) is 26.9 Å². The first kappa shape index (κ1) is 25.7. The predicted octanol–water partition coefficient (Wildman–Crippen LogP) is 7.02. The van der Waals surface area contributed by atoms with E-state index >= 15 is 0 Å². The monoisotopic (exact) mass is 393 g/mol. The van der Waals surface area contributed by atoms with Gasteiger partial charge in [0.05, 0.1) is 13.2 Å². The van der Waals surface area contributed by atoms with Crippen molar-refractivity contribution >= 4 is 7.82 Å². The average molecular weight is 394 g/mol. The fourth-order valence-electron chi connectivity index (χ4n) is 2.81. The van der Waals surface area contributed by atoms with Crippen LogP contribution in [0.4, 0.5) is 0 Å². The van der Waals surface area contributed by atoms with Gasteiger partial charge in [-0.25, -0.2) is 4.57 Å². The number of phosphoric acid groups is 1. The lowest BCUT2D eigenvalue weighted by atomic mass is 10.0. The standard InChI is InChI=1S/C19H40NO5P/c1-3-4-5-6-7-8-9-10-11-12-13-14-15-16-18-24-26(22,23-2)25-19-17-20-21/h3-19H2,1-2H3. The Labute approximate surface area is 160 Å². The van der Waals surface area contributed by atoms with Crippen molar-refractivity contribution in [2.24, 2.45) is 5.18 Å². The predicted molar refractivity (Wildman–Crippen MR) is 107 cm³/mol. The van der Waals surface area contributed by atoms with E-state index in [1.807, 2.05) is 0 Å². The average Bonchev–Trinajstić information content (AvgIpc) is 2.65. The first-order valence-electron chi connectivity index (χ1n) is 10.4. The molecule has 0 aliphatic rings. The molecule has 0 aromatic carbocycles. The van der Waals surface area contributed by atoms with E-state index < -0.39 is 7.82 Å². The Kier molecular flexibility index (Phi) is 19.3. The van der Waals surface area contributed by atoms with Gasteiger partial charge in [-0.3, -0.25) is 13.6 Å². The number of hydrogen-bond donors (Lipinski definition) is 0. The molecular weight excluding hydrogens is 353 g/mol. The van der Waals surface area contributed by atoms with Crippen molar-refractivity contribution in [3.05, 3.63) is 4.91 Å². The van der Waals surface area contributed by atoms with Crippen molar-refractivity contribution in [2.45, 2.75) is 96.8 Å². The maximum Gasteiger partial charge on any atom is 0.474 e. The Balaban J connectivity index is 3.32. The molecule has 0 heterocycles. The van der Waals surface area contributed by atoms with Crippen LogP contribution in [0.2, 0.25) is 0 Å². The lowest BCUT2D eigenvalue weighted by Gasteiger charge is -2.14. The van der Waals surface area contributed by atoms with Crippen molar-refractivity contribution in [3.8, 4) is 0 Å². The zero-order chi connectivity index (χ0) is 19.3. The number of rotatable bonds is 21. The van der Waals surface area contributed by atoms with Gasteiger partial charge in [0.1, 0.15) is 6.54 Å². The summed E-state index contributed by atoms with van der Waals surface area (Å²) in [5, 5.41) is 2.64. The highest BCUT2D eigenvalue weighted by atomic mass is 31.2. The lowest BCUT2D eigenvalue weighted by Crippen LogP contribution is -2.02. The van der Waals surface area contributed by atoms with Crippen LogP contribution < -0.4 is 0 Å². The molecule has 6 nitrogen and oxygen atoms in total. The van der Waals surface area contributed by atoms with E-state index in [4.69, 9.17) is 13.6 Å². The summed E-state index contributed by atoms with van der Waals surface area (Å²) in [4.78, 5) is 9.99. The largest absolute Gasteiger partial charge is 0.474 e. The molecule has 0 radical (unpaired) electrons. The summed E-state index contributed by atoms with van der Waals surface area (Å²) in [6.07, 6.45) is 18.0. The zero-order valence-corrected chi connectivity index (χ0v) is 17.9. The van der Waals surface area contributed by atoms with Crippen LogP contribution in [-0.4, -0.2) is 26.9 Å². The Morgan fingerprint density at radius 3 is 1.54 bits per heavy atom. The van der Waals surface area contributed by atoms with Crippen LogP contribution in [0.25, 0.3) is 0 Å². The molecule has 0 aromatic rings. The lowest BCUT2D eigenvalue weighted by molar-refractivity contribution is 0.132. The Morgan fingerprint density at radius 1 is 0.692 bits per heavy atom. The summed E-state index contributed by atoms with van der Waals surface area (Å²) in [5.74, 6) is 0. The van der Waals surface area contributed by atoms with E-state index in [1.165, 1.54) is 84.2 Å². The van der Waals surface area contributed by atoms with Crippen molar-refractivity contribution in [1.82, 2.24) is 0 Å². The van der Waals surface area contributed by atoms with Crippen molar-refractivity contribution < 1.29 is 18.1 Å². The van der Waals surface area contributed by atoms with Crippen LogP contribution in [0, 0.1) is 4.91 Å². The van der Waals surface area contributed by atoms with Gasteiger partial charge in [0.25, 0.3) is 0 Å². The summed E-state index contributed by atoms with van der Waals surface area (Å²) in [6.45, 7) is 2.50. The van der Waals surface area contributed by atoms with Gasteiger partial charge in [-0.05, 0) is 6.42 Å². The molecule has 0 aliphatic carbocycles. The van der Waals surface area contributed by atoms with E-state index in [9.17, 15) is 9.47 Å². The second kappa shape index (κ2) is 19.5. The van der Waals surface area contributed by atoms with Crippen LogP contribution in [-0.2, 0) is 18.1 Å². The van der Waals surface area contributed by atoms with Gasteiger partial charge >= 0.3 is 7.82 Å². The molecule has 0 rings (SSSR count).